The van der Waals surface area contributed by atoms with E-state index in [1.165, 1.54) is 60.7 Å². The van der Waals surface area contributed by atoms with Gasteiger partial charge < -0.3 is 9.47 Å². The van der Waals surface area contributed by atoms with Crippen molar-refractivity contribution in [2.45, 2.75) is 12.7 Å². The van der Waals surface area contributed by atoms with Crippen LogP contribution in [-0.4, -0.2) is 12.7 Å². The van der Waals surface area contributed by atoms with Crippen molar-refractivity contribution in [2.24, 2.45) is 0 Å². The van der Waals surface area contributed by atoms with E-state index in [9.17, 15) is 57.9 Å². The SMILES string of the molecule is N#CC(C#N)=C1C2=C(C(=C(C#N)C#N)c3cccc(-c4ccc(C#N)cc4OC(F)(F)F)c32)c2c1cccc2-c1ccc(C#N)cc1OC(F)(F)F. The Morgan fingerprint density at radius 3 is 1.12 bits per heavy atom. The lowest BCUT2D eigenvalue weighted by Crippen LogP contribution is -2.17. The van der Waals surface area contributed by atoms with Crippen LogP contribution in [0.15, 0.2) is 83.9 Å². The number of nitriles is 6. The van der Waals surface area contributed by atoms with E-state index in [1.54, 1.807) is 36.4 Å². The summed E-state index contributed by atoms with van der Waals surface area (Å²) in [5.74, 6) is -1.57. The molecule has 6 rings (SSSR count). The minimum atomic E-state index is -5.21. The number of allylic oxidation sites excluding steroid dienone is 6. The van der Waals surface area contributed by atoms with Gasteiger partial charge in [0.25, 0.3) is 0 Å². The van der Waals surface area contributed by atoms with Crippen LogP contribution in [0.1, 0.15) is 33.4 Å². The predicted molar refractivity (Wildman–Crippen MR) is 170 cm³/mol. The molecular weight excluding hydrogens is 686 g/mol. The Morgan fingerprint density at radius 2 is 0.808 bits per heavy atom. The van der Waals surface area contributed by atoms with E-state index in [0.717, 1.165) is 12.1 Å². The molecule has 248 valence electrons. The van der Waals surface area contributed by atoms with Crippen molar-refractivity contribution < 1.29 is 35.8 Å². The van der Waals surface area contributed by atoms with Crippen LogP contribution in [0.5, 0.6) is 11.5 Å². The third-order valence-corrected chi connectivity index (χ3v) is 8.12. The number of alkyl halides is 6. The highest BCUT2D eigenvalue weighted by Crippen LogP contribution is 2.63. The van der Waals surface area contributed by atoms with Gasteiger partial charge in [-0.15, -0.1) is 26.3 Å². The zero-order chi connectivity index (χ0) is 37.5. The highest BCUT2D eigenvalue weighted by Gasteiger charge is 2.43. The number of benzene rings is 4. The van der Waals surface area contributed by atoms with Gasteiger partial charge in [0.1, 0.15) is 46.9 Å². The molecule has 4 aromatic carbocycles. The maximum absolute atomic E-state index is 13.7. The van der Waals surface area contributed by atoms with E-state index in [4.69, 9.17) is 0 Å². The van der Waals surface area contributed by atoms with E-state index in [1.807, 2.05) is 0 Å². The van der Waals surface area contributed by atoms with Crippen molar-refractivity contribution in [1.82, 2.24) is 0 Å². The van der Waals surface area contributed by atoms with Crippen molar-refractivity contribution >= 4 is 22.3 Å². The molecule has 0 aromatic heterocycles. The van der Waals surface area contributed by atoms with E-state index in [-0.39, 0.29) is 77.9 Å². The van der Waals surface area contributed by atoms with Gasteiger partial charge in [0.2, 0.25) is 0 Å². The van der Waals surface area contributed by atoms with Gasteiger partial charge in [-0.05, 0) is 69.8 Å². The summed E-state index contributed by atoms with van der Waals surface area (Å²) in [5, 5.41) is 59.5. The fraction of sp³-hybridized carbons (Fsp3) is 0.0526. The highest BCUT2D eigenvalue weighted by molar-refractivity contribution is 6.40. The quantitative estimate of drug-likeness (QED) is 0.151. The minimum Gasteiger partial charge on any atom is -0.405 e. The standard InChI is InChI=1S/C38H12F6N6O2/c39-37(40,41)51-29-11-19(13-45)7-9-23(29)25-3-1-5-27-31(21(15-47)16-48)35-34-26(24-10-8-20(14-46)12-30(24)52-38(42,43)44)4-2-6-28(34)32(22(17-49)18-50)36(35)33(25)27/h1-12H. The lowest BCUT2D eigenvalue weighted by molar-refractivity contribution is -0.275. The first-order valence-electron chi connectivity index (χ1n) is 14.5. The van der Waals surface area contributed by atoms with Crippen LogP contribution < -0.4 is 9.47 Å². The van der Waals surface area contributed by atoms with Gasteiger partial charge in [-0.2, -0.15) is 31.6 Å². The number of nitrogens with zero attached hydrogens (tertiary/aromatic N) is 6. The van der Waals surface area contributed by atoms with Crippen molar-refractivity contribution in [3.8, 4) is 70.2 Å². The number of fused-ring (bicyclic) bond motifs is 4. The van der Waals surface area contributed by atoms with Crippen LogP contribution in [0.3, 0.4) is 0 Å². The van der Waals surface area contributed by atoms with Crippen molar-refractivity contribution in [3.05, 3.63) is 117 Å². The molecule has 0 fully saturated rings. The molecule has 0 radical (unpaired) electrons. The molecule has 0 bridgehead atoms. The summed E-state index contributed by atoms with van der Waals surface area (Å²) in [6, 6.07) is 25.8. The zero-order valence-corrected chi connectivity index (χ0v) is 25.7. The molecule has 2 aliphatic rings. The molecule has 0 amide bonds. The molecule has 0 heterocycles. The molecule has 52 heavy (non-hydrogen) atoms. The maximum atomic E-state index is 13.7. The maximum Gasteiger partial charge on any atom is 0.573 e. The molecule has 4 aromatic rings. The molecule has 8 nitrogen and oxygen atoms in total. The van der Waals surface area contributed by atoms with Crippen molar-refractivity contribution in [3.63, 3.8) is 0 Å². The topological polar surface area (TPSA) is 161 Å². The van der Waals surface area contributed by atoms with Gasteiger partial charge in [-0.25, -0.2) is 0 Å². The van der Waals surface area contributed by atoms with Gasteiger partial charge in [0.15, 0.2) is 0 Å². The summed E-state index contributed by atoms with van der Waals surface area (Å²) in [4.78, 5) is 0. The van der Waals surface area contributed by atoms with Crippen molar-refractivity contribution in [1.29, 1.82) is 31.6 Å². The van der Waals surface area contributed by atoms with Gasteiger partial charge in [-0.1, -0.05) is 36.4 Å². The summed E-state index contributed by atoms with van der Waals surface area (Å²) in [5.41, 5.74) is -1.46. The highest BCUT2D eigenvalue weighted by atomic mass is 19.4. The van der Waals surface area contributed by atoms with E-state index in [0.29, 0.717) is 0 Å². The Balaban J connectivity index is 1.80. The number of hydrogen-bond acceptors (Lipinski definition) is 8. The van der Waals surface area contributed by atoms with E-state index < -0.39 is 35.4 Å². The smallest absolute Gasteiger partial charge is 0.405 e. The number of halogens is 6. The van der Waals surface area contributed by atoms with Gasteiger partial charge in [-0.3, -0.25) is 0 Å². The Morgan fingerprint density at radius 1 is 0.462 bits per heavy atom. The summed E-state index contributed by atoms with van der Waals surface area (Å²) in [7, 11) is 0. The number of ether oxygens (including phenoxy) is 2. The lowest BCUT2D eigenvalue weighted by atomic mass is 9.84. The van der Waals surface area contributed by atoms with E-state index >= 15 is 0 Å². The number of hydrogen-bond donors (Lipinski definition) is 0. The van der Waals surface area contributed by atoms with Crippen LogP contribution in [-0.2, 0) is 0 Å². The minimum absolute atomic E-state index is 0.0144. The largest absolute Gasteiger partial charge is 0.573 e. The second-order valence-corrected chi connectivity index (χ2v) is 10.9. The van der Waals surface area contributed by atoms with Crippen LogP contribution in [0.4, 0.5) is 26.3 Å². The molecule has 0 aliphatic heterocycles. The number of rotatable bonds is 4. The van der Waals surface area contributed by atoms with Gasteiger partial charge in [0, 0.05) is 33.4 Å². The summed E-state index contributed by atoms with van der Waals surface area (Å²) in [6.07, 6.45) is -10.4. The third kappa shape index (κ3) is 5.70. The fourth-order valence-electron chi connectivity index (χ4n) is 6.37. The second-order valence-electron chi connectivity index (χ2n) is 10.9. The van der Waals surface area contributed by atoms with E-state index in [2.05, 4.69) is 9.47 Å². The van der Waals surface area contributed by atoms with Crippen LogP contribution >= 0.6 is 0 Å². The molecule has 0 atom stereocenters. The molecule has 0 unspecified atom stereocenters. The first kappa shape index (κ1) is 34.1. The van der Waals surface area contributed by atoms with Gasteiger partial charge in [0.05, 0.1) is 23.3 Å². The Bertz CT molecular complexity index is 2410. The zero-order valence-electron chi connectivity index (χ0n) is 25.7. The molecule has 0 saturated carbocycles. The van der Waals surface area contributed by atoms with Crippen LogP contribution in [0.2, 0.25) is 0 Å². The first-order valence-corrected chi connectivity index (χ1v) is 14.5. The first-order chi connectivity index (χ1) is 24.8. The average molecular weight is 699 g/mol. The lowest BCUT2D eigenvalue weighted by Gasteiger charge is -2.20. The molecule has 0 N–H and O–H groups in total. The van der Waals surface area contributed by atoms with Gasteiger partial charge >= 0.3 is 12.7 Å². The summed E-state index contributed by atoms with van der Waals surface area (Å²) < 4.78 is 90.7. The molecular formula is C38H12F6N6O2. The Hall–Kier alpha value is -7.78. The fourth-order valence-corrected chi connectivity index (χ4v) is 6.37. The molecule has 0 saturated heterocycles. The van der Waals surface area contributed by atoms with Crippen LogP contribution in [0, 0.1) is 68.0 Å². The summed E-state index contributed by atoms with van der Waals surface area (Å²) >= 11 is 0. The predicted octanol–water partition coefficient (Wildman–Crippen LogP) is 9.10. The Kier molecular flexibility index (Phi) is 8.26. The monoisotopic (exact) mass is 698 g/mol. The normalized spacial score (nSPS) is 12.5. The second kappa shape index (κ2) is 12.6. The summed E-state index contributed by atoms with van der Waals surface area (Å²) in [6.45, 7) is 0. The van der Waals surface area contributed by atoms with Crippen molar-refractivity contribution in [2.75, 3.05) is 0 Å². The van der Waals surface area contributed by atoms with Crippen LogP contribution in [0.25, 0.3) is 44.5 Å². The molecule has 14 heteroatoms. The molecule has 0 spiro atoms. The molecule has 2 aliphatic carbocycles. The Labute approximate surface area is 289 Å². The average Bonchev–Trinajstić information content (AvgIpc) is 3.61. The third-order valence-electron chi connectivity index (χ3n) is 8.12.